The average molecular weight is 1440 g/mol. The van der Waals surface area contributed by atoms with Crippen molar-refractivity contribution < 1.29 is 163 Å². The highest BCUT2D eigenvalue weighted by molar-refractivity contribution is 5.90. The Balaban J connectivity index is 1.28. The van der Waals surface area contributed by atoms with E-state index in [1.807, 2.05) is 0 Å². The van der Waals surface area contributed by atoms with E-state index in [1.54, 1.807) is 0 Å². The molecule has 5 aliphatic rings. The van der Waals surface area contributed by atoms with E-state index in [1.165, 1.54) is 20.8 Å². The Hall–Kier alpha value is -4.39. The number of ether oxygens (including phenoxy) is 10. The first-order valence-electron chi connectivity index (χ1n) is 33.2. The first-order valence-corrected chi connectivity index (χ1v) is 33.2. The third-order valence-electron chi connectivity index (χ3n) is 17.5. The number of nitrogens with two attached hydrogens (primary N) is 1. The van der Waals surface area contributed by atoms with E-state index in [-0.39, 0.29) is 70.6 Å². The van der Waals surface area contributed by atoms with E-state index in [4.69, 9.17) is 53.1 Å². The molecule has 0 aromatic heterocycles. The van der Waals surface area contributed by atoms with Crippen LogP contribution < -0.4 is 32.3 Å². The number of nitrogens with one attached hydrogen (secondary N) is 5. The Morgan fingerprint density at radius 2 is 0.869 bits per heavy atom. The minimum absolute atomic E-state index is 0.0693. The van der Waals surface area contributed by atoms with Crippen molar-refractivity contribution in [3.63, 3.8) is 0 Å². The summed E-state index contributed by atoms with van der Waals surface area (Å²) in [6, 6.07) is -2.24. The molecule has 5 heterocycles. The number of ketones is 2. The summed E-state index contributed by atoms with van der Waals surface area (Å²) in [6.07, 6.45) is -41.9. The van der Waals surface area contributed by atoms with Crippen molar-refractivity contribution in [3.05, 3.63) is 0 Å². The fourth-order valence-corrected chi connectivity index (χ4v) is 11.3. The van der Waals surface area contributed by atoms with Crippen LogP contribution in [0.2, 0.25) is 0 Å². The summed E-state index contributed by atoms with van der Waals surface area (Å²) >= 11 is 0. The van der Waals surface area contributed by atoms with Gasteiger partial charge in [0, 0.05) is 57.7 Å². The number of Topliss-reactive ketones (excluding diaryl/α,β-unsaturated/α-hetero) is 2. The minimum Gasteiger partial charge on any atom is -0.394 e. The Bertz CT molecular complexity index is 2480. The zero-order valence-electron chi connectivity index (χ0n) is 55.4. The standard InChI is InChI=1S/C60H104N6O33/c1-26(69)31(8-6-7-15-61)65-37(72)9-4-5-10-38(73)66-32(13-12-30(70)22-29(54(88)63-17-20-91-57-49(84)45(80)40(75)28(3)95-57)11-14-36(71)62-16-19-90-56-48(83)44(79)39(74)27(2)94-56)55(89)64-18-21-92-59-52(87)53(99-60-51(86)47(82)42(77)34(24-68)97-60)43(78)35(98-59)25-93-58-50(85)46(81)41(76)33(23-67)96-58/h27-29,31-35,39-53,56-60,67-68,74-87H,4-25,61H2,1-3H3,(H,62,71)(H,63,88)(H,64,89)(H,65,72)(H,66,73)/t27-,28-,29+,31-,32-,33+,34+,35+,39+,40+,41+,42+,43+,44+,45+,46-,47-,48-,49-,50-,51-,52-,53-,56+,57+,58-,59-,60+/m0/s1. The molecule has 5 rings (SSSR count). The molecule has 0 saturated carbocycles. The topological polar surface area (TPSA) is 622 Å². The van der Waals surface area contributed by atoms with Gasteiger partial charge in [-0.25, -0.2) is 0 Å². The predicted molar refractivity (Wildman–Crippen MR) is 328 cm³/mol. The molecule has 5 aliphatic heterocycles. The number of hydrogen-bond acceptors (Lipinski definition) is 34. The summed E-state index contributed by atoms with van der Waals surface area (Å²) in [5.41, 5.74) is 5.57. The molecule has 0 aliphatic carbocycles. The second-order valence-electron chi connectivity index (χ2n) is 25.1. The molecule has 572 valence electrons. The fourth-order valence-electron chi connectivity index (χ4n) is 11.3. The first kappa shape index (κ1) is 85.3. The Labute approximate surface area is 569 Å². The maximum Gasteiger partial charge on any atom is 0.242 e. The van der Waals surface area contributed by atoms with E-state index in [2.05, 4.69) is 26.6 Å². The number of rotatable bonds is 41. The lowest BCUT2D eigenvalue weighted by Crippen LogP contribution is -2.65. The molecule has 0 radical (unpaired) electrons. The van der Waals surface area contributed by atoms with Gasteiger partial charge in [0.2, 0.25) is 29.5 Å². The van der Waals surface area contributed by atoms with Gasteiger partial charge in [-0.2, -0.15) is 0 Å². The van der Waals surface area contributed by atoms with Gasteiger partial charge in [0.15, 0.2) is 37.2 Å². The van der Waals surface area contributed by atoms with Crippen LogP contribution in [0.1, 0.15) is 97.8 Å². The maximum atomic E-state index is 14.1. The van der Waals surface area contributed by atoms with Crippen molar-refractivity contribution in [2.45, 2.75) is 263 Å². The summed E-state index contributed by atoms with van der Waals surface area (Å²) in [5.74, 6) is -5.57. The number of carbonyl (C=O) groups excluding carboxylic acids is 7. The van der Waals surface area contributed by atoms with Crippen molar-refractivity contribution in [1.29, 1.82) is 0 Å². The van der Waals surface area contributed by atoms with Gasteiger partial charge in [-0.05, 0) is 72.3 Å². The molecule has 0 aromatic carbocycles. The Kier molecular flexibility index (Phi) is 36.5. The van der Waals surface area contributed by atoms with E-state index < -0.39 is 259 Å². The van der Waals surface area contributed by atoms with Gasteiger partial charge in [0.25, 0.3) is 0 Å². The number of aliphatic hydroxyl groups excluding tert-OH is 16. The molecule has 39 heteroatoms. The molecule has 39 nitrogen and oxygen atoms in total. The SMILES string of the molecule is CC(=O)[C@H](CCCCN)NC(=O)CCCCC(=O)N[C@@H](CCC(=O)C[C@@H](CCC(=O)NCCO[C@@H]1O[C@@H](C)[C@@H](O)[C@@H](O)[C@@H]1O)C(=O)NCCO[C@@H]1O[C@@H](C)[C@@H](O)[C@@H](O)[C@@H]1O)C(=O)NCCO[C@H]1O[C@H](CO[C@H]2O[C@H](CO)[C@@H](O)[C@H](O)[C@@H]2O)[C@@H](O)[C@H](O[C@H]2O[C@H](CO)[C@@H](O)[C@H](O)[C@@H]2O)[C@@H]1O. The van der Waals surface area contributed by atoms with Crippen molar-refractivity contribution in [2.75, 3.05) is 65.8 Å². The maximum absolute atomic E-state index is 14.1. The average Bonchev–Trinajstić information content (AvgIpc) is 0.784. The van der Waals surface area contributed by atoms with Gasteiger partial charge in [-0.1, -0.05) is 0 Å². The van der Waals surface area contributed by atoms with Crippen molar-refractivity contribution in [2.24, 2.45) is 11.7 Å². The minimum atomic E-state index is -2.05. The monoisotopic (exact) mass is 1440 g/mol. The number of unbranched alkanes of at least 4 members (excludes halogenated alkanes) is 2. The largest absolute Gasteiger partial charge is 0.394 e. The first-order chi connectivity index (χ1) is 46.9. The molecule has 0 aromatic rings. The summed E-state index contributed by atoms with van der Waals surface area (Å²) < 4.78 is 55.6. The number of hydrogen-bond donors (Lipinski definition) is 22. The highest BCUT2D eigenvalue weighted by Crippen LogP contribution is 2.32. The second kappa shape index (κ2) is 42.4. The lowest BCUT2D eigenvalue weighted by Gasteiger charge is -2.46. The molecule has 0 spiro atoms. The second-order valence-corrected chi connectivity index (χ2v) is 25.1. The predicted octanol–water partition coefficient (Wildman–Crippen LogP) is -11.1. The quantitative estimate of drug-likeness (QED) is 0.0253. The molecule has 5 amide bonds. The normalized spacial score (nSPS) is 35.8. The van der Waals surface area contributed by atoms with Crippen LogP contribution in [0.5, 0.6) is 0 Å². The van der Waals surface area contributed by atoms with Crippen LogP contribution in [0.3, 0.4) is 0 Å². The molecular formula is C60H104N6O33. The van der Waals surface area contributed by atoms with E-state index >= 15 is 0 Å². The molecular weight excluding hydrogens is 1330 g/mol. The number of aliphatic hydroxyl groups is 16. The third-order valence-corrected chi connectivity index (χ3v) is 17.5. The van der Waals surface area contributed by atoms with Crippen LogP contribution in [0.15, 0.2) is 0 Å². The zero-order chi connectivity index (χ0) is 73.4. The van der Waals surface area contributed by atoms with Crippen LogP contribution in [-0.2, 0) is 80.9 Å². The van der Waals surface area contributed by atoms with Gasteiger partial charge in [-0.3, -0.25) is 33.6 Å². The van der Waals surface area contributed by atoms with Crippen LogP contribution in [0.25, 0.3) is 0 Å². The van der Waals surface area contributed by atoms with Gasteiger partial charge in [0.05, 0.1) is 57.9 Å². The highest BCUT2D eigenvalue weighted by atomic mass is 16.8. The lowest BCUT2D eigenvalue weighted by atomic mass is 9.93. The van der Waals surface area contributed by atoms with Crippen LogP contribution in [-0.4, -0.2) is 354 Å². The summed E-state index contributed by atoms with van der Waals surface area (Å²) in [4.78, 5) is 93.6. The van der Waals surface area contributed by atoms with Crippen LogP contribution >= 0.6 is 0 Å². The Morgan fingerprint density at radius 1 is 0.424 bits per heavy atom. The molecule has 0 bridgehead atoms. The van der Waals surface area contributed by atoms with Crippen LogP contribution in [0.4, 0.5) is 0 Å². The fraction of sp³-hybridized carbons (Fsp3) is 0.883. The number of carbonyl (C=O) groups is 7. The lowest BCUT2D eigenvalue weighted by molar-refractivity contribution is -0.366. The molecule has 5 saturated heterocycles. The van der Waals surface area contributed by atoms with Crippen molar-refractivity contribution in [3.8, 4) is 0 Å². The molecule has 23 N–H and O–H groups in total. The number of amides is 5. The van der Waals surface area contributed by atoms with E-state index in [0.717, 1.165) is 0 Å². The smallest absolute Gasteiger partial charge is 0.242 e. The summed E-state index contributed by atoms with van der Waals surface area (Å²) in [7, 11) is 0. The molecule has 28 atom stereocenters. The van der Waals surface area contributed by atoms with Gasteiger partial charge >= 0.3 is 0 Å². The molecule has 0 unspecified atom stereocenters. The van der Waals surface area contributed by atoms with E-state index in [9.17, 15) is 115 Å². The van der Waals surface area contributed by atoms with Crippen molar-refractivity contribution >= 4 is 41.1 Å². The highest BCUT2D eigenvalue weighted by Gasteiger charge is 2.53. The van der Waals surface area contributed by atoms with Gasteiger partial charge < -0.3 is 161 Å². The molecule has 99 heavy (non-hydrogen) atoms. The third kappa shape index (κ3) is 25.5. The van der Waals surface area contributed by atoms with E-state index in [0.29, 0.717) is 25.8 Å². The van der Waals surface area contributed by atoms with Crippen molar-refractivity contribution in [1.82, 2.24) is 26.6 Å². The van der Waals surface area contributed by atoms with Gasteiger partial charge in [-0.15, -0.1) is 0 Å². The van der Waals surface area contributed by atoms with Crippen LogP contribution in [0, 0.1) is 5.92 Å². The Morgan fingerprint density at radius 3 is 1.37 bits per heavy atom. The molecule has 5 fully saturated rings. The summed E-state index contributed by atoms with van der Waals surface area (Å²) in [6.45, 7) is 0.119. The summed E-state index contributed by atoms with van der Waals surface area (Å²) in [5, 5.41) is 179. The van der Waals surface area contributed by atoms with Gasteiger partial charge in [0.1, 0.15) is 122 Å². The zero-order valence-corrected chi connectivity index (χ0v) is 55.4.